The van der Waals surface area contributed by atoms with E-state index in [1.54, 1.807) is 6.08 Å². The lowest BCUT2D eigenvalue weighted by Gasteiger charge is -2.26. The van der Waals surface area contributed by atoms with E-state index >= 15 is 0 Å². The van der Waals surface area contributed by atoms with Crippen LogP contribution in [0.2, 0.25) is 0 Å². The van der Waals surface area contributed by atoms with Crippen LogP contribution in [0.15, 0.2) is 11.8 Å². The van der Waals surface area contributed by atoms with Crippen LogP contribution in [0.3, 0.4) is 0 Å². The van der Waals surface area contributed by atoms with Crippen LogP contribution in [0, 0.1) is 22.7 Å². The SMILES string of the molecule is CC1(C)C[C@@H]1C(=O)N/C(=C/CCCCSC[C@H](N)C(=O)O)C(=O)OC(CCCCSC[C@H](N)C(=O)O)C(NC(=O)[C@H]1CC1(C)C)C(=O)O. The summed E-state index contributed by atoms with van der Waals surface area (Å²) in [5, 5.41) is 33.3. The third kappa shape index (κ3) is 14.0. The Balaban J connectivity index is 2.13. The Morgan fingerprint density at radius 1 is 0.792 bits per heavy atom. The van der Waals surface area contributed by atoms with Gasteiger partial charge >= 0.3 is 23.9 Å². The van der Waals surface area contributed by atoms with Crippen molar-refractivity contribution < 1.29 is 48.8 Å². The summed E-state index contributed by atoms with van der Waals surface area (Å²) in [7, 11) is 0. The Kier molecular flexibility index (Phi) is 16.2. The van der Waals surface area contributed by atoms with E-state index in [-0.39, 0.29) is 52.2 Å². The monoisotopic (exact) mass is 716 g/mol. The Morgan fingerprint density at radius 3 is 1.73 bits per heavy atom. The van der Waals surface area contributed by atoms with E-state index < -0.39 is 54.0 Å². The van der Waals surface area contributed by atoms with Gasteiger partial charge in [0.05, 0.1) is 0 Å². The number of hydrogen-bond acceptors (Lipinski definition) is 11. The highest BCUT2D eigenvalue weighted by Crippen LogP contribution is 2.52. The third-order valence-electron chi connectivity index (χ3n) is 8.68. The Hall–Kier alpha value is -2.82. The van der Waals surface area contributed by atoms with E-state index in [9.17, 15) is 33.9 Å². The van der Waals surface area contributed by atoms with Crippen LogP contribution in [0.4, 0.5) is 0 Å². The number of esters is 1. The van der Waals surface area contributed by atoms with E-state index in [0.717, 1.165) is 0 Å². The average molecular weight is 717 g/mol. The van der Waals surface area contributed by atoms with Crippen LogP contribution in [0.5, 0.6) is 0 Å². The summed E-state index contributed by atoms with van der Waals surface area (Å²) in [5.74, 6) is -4.21. The molecule has 2 fully saturated rings. The molecule has 0 aromatic rings. The first-order valence-electron chi connectivity index (χ1n) is 16.2. The zero-order chi connectivity index (χ0) is 36.2. The van der Waals surface area contributed by atoms with Crippen molar-refractivity contribution in [2.24, 2.45) is 34.1 Å². The summed E-state index contributed by atoms with van der Waals surface area (Å²) < 4.78 is 5.77. The lowest BCUT2D eigenvalue weighted by molar-refractivity contribution is -0.156. The van der Waals surface area contributed by atoms with Crippen molar-refractivity contribution in [3.63, 3.8) is 0 Å². The number of allylic oxidation sites excluding steroid dienone is 1. The molecule has 14 nitrogen and oxygen atoms in total. The van der Waals surface area contributed by atoms with Gasteiger partial charge in [0.2, 0.25) is 11.8 Å². The quantitative estimate of drug-likeness (QED) is 0.0430. The standard InChI is InChI=1S/C32H52N4O10S2/c1-31(2)14-18(31)25(37)35-22(10-6-5-8-12-47-16-20(33)27(39)40)30(45)46-23(11-7-9-13-48-17-21(34)28(41)42)24(29(43)44)36-26(38)19-15-32(19,3)4/h10,18-21,23-24H,5-9,11-17,33-34H2,1-4H3,(H,35,37)(H,36,38)(H,39,40)(H,41,42)(H,43,44)/b22-10+/t18-,19-,20+,21+,23?,24?/m1/s1. The number of nitrogens with one attached hydrogen (secondary N) is 2. The van der Waals surface area contributed by atoms with Gasteiger partial charge in [0.1, 0.15) is 23.9 Å². The maximum atomic E-state index is 13.6. The van der Waals surface area contributed by atoms with Crippen molar-refractivity contribution >= 4 is 59.2 Å². The number of ether oxygens (including phenoxy) is 1. The third-order valence-corrected chi connectivity index (χ3v) is 11.0. The Morgan fingerprint density at radius 2 is 1.27 bits per heavy atom. The molecule has 0 aromatic heterocycles. The zero-order valence-electron chi connectivity index (χ0n) is 28.2. The number of carboxylic acids is 3. The van der Waals surface area contributed by atoms with Crippen LogP contribution in [0.25, 0.3) is 0 Å². The molecule has 2 rings (SSSR count). The molecule has 0 radical (unpaired) electrons. The van der Waals surface area contributed by atoms with Crippen LogP contribution in [-0.2, 0) is 33.5 Å². The minimum absolute atomic E-state index is 0.0924. The summed E-state index contributed by atoms with van der Waals surface area (Å²) >= 11 is 2.75. The molecule has 6 atom stereocenters. The minimum Gasteiger partial charge on any atom is -0.480 e. The molecule has 2 unspecified atom stereocenters. The highest BCUT2D eigenvalue weighted by molar-refractivity contribution is 7.99. The first-order valence-corrected chi connectivity index (χ1v) is 18.6. The predicted octanol–water partition coefficient (Wildman–Crippen LogP) is 2.19. The number of aliphatic carboxylic acids is 3. The molecule has 0 saturated heterocycles. The van der Waals surface area contributed by atoms with Crippen LogP contribution >= 0.6 is 23.5 Å². The van der Waals surface area contributed by atoms with Crippen LogP contribution in [-0.4, -0.2) is 98.3 Å². The van der Waals surface area contributed by atoms with E-state index in [4.69, 9.17) is 26.4 Å². The van der Waals surface area contributed by atoms with Gasteiger partial charge in [0, 0.05) is 23.3 Å². The number of carbonyl (C=O) groups excluding carboxylic acids is 3. The normalized spacial score (nSPS) is 21.6. The smallest absolute Gasteiger partial charge is 0.354 e. The second kappa shape index (κ2) is 18.8. The molecule has 16 heteroatoms. The number of nitrogens with two attached hydrogens (primary N) is 2. The van der Waals surface area contributed by atoms with Gasteiger partial charge in [-0.3, -0.25) is 19.2 Å². The van der Waals surface area contributed by atoms with Gasteiger partial charge in [-0.1, -0.05) is 33.8 Å². The first-order chi connectivity index (χ1) is 22.4. The molecule has 0 aliphatic heterocycles. The van der Waals surface area contributed by atoms with Crippen molar-refractivity contribution in [1.29, 1.82) is 0 Å². The highest BCUT2D eigenvalue weighted by Gasteiger charge is 2.52. The number of unbranched alkanes of at least 4 members (excludes halogenated alkanes) is 3. The van der Waals surface area contributed by atoms with E-state index in [1.165, 1.54) is 23.5 Å². The number of thioether (sulfide) groups is 2. The van der Waals surface area contributed by atoms with Gasteiger partial charge in [0.25, 0.3) is 0 Å². The fraction of sp³-hybridized carbons (Fsp3) is 0.750. The summed E-state index contributed by atoms with van der Waals surface area (Å²) in [6.07, 6.45) is 4.31. The molecule has 0 spiro atoms. The van der Waals surface area contributed by atoms with E-state index in [2.05, 4.69) is 10.6 Å². The van der Waals surface area contributed by atoms with Gasteiger partial charge in [-0.15, -0.1) is 0 Å². The Bertz CT molecular complexity index is 1210. The molecule has 2 saturated carbocycles. The number of carbonyl (C=O) groups is 6. The molecule has 2 aliphatic rings. The molecule has 0 aromatic carbocycles. The average Bonchev–Trinajstić information content (AvgIpc) is 3.86. The lowest BCUT2D eigenvalue weighted by Crippen LogP contribution is -2.51. The fourth-order valence-corrected chi connectivity index (χ4v) is 6.95. The van der Waals surface area contributed by atoms with Gasteiger partial charge in [0.15, 0.2) is 6.04 Å². The molecule has 272 valence electrons. The van der Waals surface area contributed by atoms with Gasteiger partial charge in [-0.05, 0) is 73.7 Å². The van der Waals surface area contributed by atoms with Gasteiger partial charge in [-0.2, -0.15) is 23.5 Å². The summed E-state index contributed by atoms with van der Waals surface area (Å²) in [5.41, 5.74) is 10.5. The predicted molar refractivity (Wildman–Crippen MR) is 183 cm³/mol. The second-order valence-corrected chi connectivity index (χ2v) is 16.2. The number of carboxylic acid groups (broad SMARTS) is 3. The van der Waals surface area contributed by atoms with E-state index in [1.807, 2.05) is 27.7 Å². The molecular weight excluding hydrogens is 665 g/mol. The molecule has 0 heterocycles. The lowest BCUT2D eigenvalue weighted by atomic mass is 10.0. The van der Waals surface area contributed by atoms with Crippen molar-refractivity contribution in [2.45, 2.75) is 103 Å². The van der Waals surface area contributed by atoms with Crippen LogP contribution < -0.4 is 22.1 Å². The summed E-state index contributed by atoms with van der Waals surface area (Å²) in [4.78, 5) is 73.8. The highest BCUT2D eigenvalue weighted by atomic mass is 32.2. The molecule has 2 aliphatic carbocycles. The van der Waals surface area contributed by atoms with E-state index in [0.29, 0.717) is 56.5 Å². The molecule has 9 N–H and O–H groups in total. The van der Waals surface area contributed by atoms with Crippen molar-refractivity contribution in [1.82, 2.24) is 10.6 Å². The number of amides is 2. The number of rotatable bonds is 24. The fourth-order valence-electron chi connectivity index (χ4n) is 5.00. The maximum Gasteiger partial charge on any atom is 0.354 e. The zero-order valence-corrected chi connectivity index (χ0v) is 29.8. The van der Waals surface area contributed by atoms with Crippen molar-refractivity contribution in [3.8, 4) is 0 Å². The summed E-state index contributed by atoms with van der Waals surface area (Å²) in [6.45, 7) is 7.70. The van der Waals surface area contributed by atoms with Crippen molar-refractivity contribution in [3.05, 3.63) is 11.8 Å². The second-order valence-electron chi connectivity index (χ2n) is 13.9. The Labute approximate surface area is 290 Å². The first kappa shape index (κ1) is 41.4. The van der Waals surface area contributed by atoms with Gasteiger partial charge < -0.3 is 42.2 Å². The molecular formula is C32H52N4O10S2. The largest absolute Gasteiger partial charge is 0.480 e. The van der Waals surface area contributed by atoms with Gasteiger partial charge in [-0.25, -0.2) is 9.59 Å². The molecule has 0 bridgehead atoms. The van der Waals surface area contributed by atoms with Crippen molar-refractivity contribution in [2.75, 3.05) is 23.0 Å². The maximum absolute atomic E-state index is 13.6. The summed E-state index contributed by atoms with van der Waals surface area (Å²) in [6, 6.07) is -3.48. The molecule has 2 amide bonds. The topological polar surface area (TPSA) is 248 Å². The molecule has 48 heavy (non-hydrogen) atoms. The minimum atomic E-state index is -1.53. The van der Waals surface area contributed by atoms with Crippen LogP contribution in [0.1, 0.15) is 79.1 Å². The number of hydrogen-bond donors (Lipinski definition) is 7.